The first kappa shape index (κ1) is 24.5. The van der Waals surface area contributed by atoms with Crippen molar-refractivity contribution in [3.05, 3.63) is 35.9 Å². The lowest BCUT2D eigenvalue weighted by Gasteiger charge is -2.33. The van der Waals surface area contributed by atoms with Crippen molar-refractivity contribution in [1.82, 2.24) is 4.90 Å². The van der Waals surface area contributed by atoms with Gasteiger partial charge in [-0.25, -0.2) is 4.79 Å². The average molecular weight is 408 g/mol. The van der Waals surface area contributed by atoms with Gasteiger partial charge in [0.2, 0.25) is 6.79 Å². The standard InChI is InChI=1S/C22H33NO6/c1-5-6-7-11-14-19(24)28-17-29-21(26)23(22(2,3)4)15-20(25)27-16-18-12-9-8-10-13-18/h8-10,12-13H,5-7,11,14-17H2,1-4H3. The van der Waals surface area contributed by atoms with Gasteiger partial charge in [0.1, 0.15) is 13.2 Å². The number of amides is 1. The second-order valence-corrected chi connectivity index (χ2v) is 7.76. The normalized spacial score (nSPS) is 10.9. The molecule has 0 atom stereocenters. The third kappa shape index (κ3) is 10.5. The van der Waals surface area contributed by atoms with Crippen LogP contribution in [0.4, 0.5) is 4.79 Å². The zero-order valence-electron chi connectivity index (χ0n) is 17.9. The van der Waals surface area contributed by atoms with Gasteiger partial charge >= 0.3 is 18.0 Å². The van der Waals surface area contributed by atoms with E-state index in [1.807, 2.05) is 30.3 Å². The first-order chi connectivity index (χ1) is 13.7. The topological polar surface area (TPSA) is 82.1 Å². The molecule has 0 aliphatic rings. The fourth-order valence-electron chi connectivity index (χ4n) is 2.48. The molecule has 29 heavy (non-hydrogen) atoms. The van der Waals surface area contributed by atoms with E-state index in [4.69, 9.17) is 14.2 Å². The van der Waals surface area contributed by atoms with Crippen molar-refractivity contribution in [2.24, 2.45) is 0 Å². The molecule has 0 saturated carbocycles. The molecule has 0 unspecified atom stereocenters. The van der Waals surface area contributed by atoms with Gasteiger partial charge in [-0.2, -0.15) is 0 Å². The zero-order chi connectivity index (χ0) is 21.7. The molecule has 0 N–H and O–H groups in total. The van der Waals surface area contributed by atoms with E-state index in [1.165, 1.54) is 4.90 Å². The lowest BCUT2D eigenvalue weighted by molar-refractivity contribution is -0.154. The Hall–Kier alpha value is -2.57. The van der Waals surface area contributed by atoms with Crippen LogP contribution in [0.5, 0.6) is 0 Å². The number of benzene rings is 1. The molecule has 0 bridgehead atoms. The van der Waals surface area contributed by atoms with Gasteiger partial charge in [0.05, 0.1) is 0 Å². The number of rotatable bonds is 11. The van der Waals surface area contributed by atoms with Crippen LogP contribution in [-0.4, -0.2) is 41.8 Å². The van der Waals surface area contributed by atoms with E-state index < -0.39 is 30.4 Å². The largest absolute Gasteiger partial charge is 0.459 e. The molecular weight excluding hydrogens is 374 g/mol. The lowest BCUT2D eigenvalue weighted by atomic mass is 10.1. The van der Waals surface area contributed by atoms with Crippen LogP contribution in [0.1, 0.15) is 65.4 Å². The number of carbonyl (C=O) groups excluding carboxylic acids is 3. The first-order valence-electron chi connectivity index (χ1n) is 10.0. The van der Waals surface area contributed by atoms with Gasteiger partial charge in [0.15, 0.2) is 0 Å². The Balaban J connectivity index is 2.43. The number of esters is 2. The summed E-state index contributed by atoms with van der Waals surface area (Å²) in [6.45, 7) is 6.81. The Morgan fingerprint density at radius 1 is 0.897 bits per heavy atom. The van der Waals surface area contributed by atoms with E-state index in [0.29, 0.717) is 6.42 Å². The maximum absolute atomic E-state index is 12.4. The van der Waals surface area contributed by atoms with Crippen molar-refractivity contribution in [3.63, 3.8) is 0 Å². The smallest absolute Gasteiger partial charge is 0.413 e. The number of carbonyl (C=O) groups is 3. The molecule has 7 heteroatoms. The Morgan fingerprint density at radius 2 is 1.59 bits per heavy atom. The van der Waals surface area contributed by atoms with Gasteiger partial charge in [0, 0.05) is 12.0 Å². The Morgan fingerprint density at radius 3 is 2.21 bits per heavy atom. The highest BCUT2D eigenvalue weighted by molar-refractivity contribution is 5.78. The van der Waals surface area contributed by atoms with E-state index in [-0.39, 0.29) is 13.2 Å². The molecule has 0 spiro atoms. The highest BCUT2D eigenvalue weighted by Gasteiger charge is 2.30. The maximum Gasteiger partial charge on any atom is 0.413 e. The van der Waals surface area contributed by atoms with E-state index in [1.54, 1.807) is 20.8 Å². The molecule has 0 radical (unpaired) electrons. The Kier molecular flexibility index (Phi) is 10.8. The van der Waals surface area contributed by atoms with E-state index >= 15 is 0 Å². The van der Waals surface area contributed by atoms with Crippen LogP contribution in [0.2, 0.25) is 0 Å². The number of ether oxygens (including phenoxy) is 3. The molecule has 0 fully saturated rings. The minimum Gasteiger partial charge on any atom is -0.459 e. The molecule has 0 aliphatic heterocycles. The third-order valence-electron chi connectivity index (χ3n) is 4.20. The van der Waals surface area contributed by atoms with E-state index in [9.17, 15) is 14.4 Å². The number of nitrogens with zero attached hydrogens (tertiary/aromatic N) is 1. The molecular formula is C22H33NO6. The van der Waals surface area contributed by atoms with Crippen LogP contribution in [-0.2, 0) is 30.4 Å². The molecule has 0 aromatic heterocycles. The summed E-state index contributed by atoms with van der Waals surface area (Å²) in [6.07, 6.45) is 3.43. The summed E-state index contributed by atoms with van der Waals surface area (Å²) >= 11 is 0. The Bertz CT molecular complexity index is 638. The van der Waals surface area contributed by atoms with Crippen LogP contribution in [0.3, 0.4) is 0 Å². The van der Waals surface area contributed by atoms with Gasteiger partial charge < -0.3 is 14.2 Å². The molecule has 0 heterocycles. The van der Waals surface area contributed by atoms with Gasteiger partial charge in [0.25, 0.3) is 0 Å². The monoisotopic (exact) mass is 407 g/mol. The van der Waals surface area contributed by atoms with Crippen LogP contribution < -0.4 is 0 Å². The summed E-state index contributed by atoms with van der Waals surface area (Å²) < 4.78 is 15.2. The molecule has 0 saturated heterocycles. The quantitative estimate of drug-likeness (QED) is 0.306. The number of hydrogen-bond donors (Lipinski definition) is 0. The van der Waals surface area contributed by atoms with Crippen LogP contribution >= 0.6 is 0 Å². The predicted molar refractivity (Wildman–Crippen MR) is 109 cm³/mol. The van der Waals surface area contributed by atoms with Crippen molar-refractivity contribution >= 4 is 18.0 Å². The fraction of sp³-hybridized carbons (Fsp3) is 0.591. The summed E-state index contributed by atoms with van der Waals surface area (Å²) in [5.41, 5.74) is 0.184. The molecule has 1 amide bonds. The van der Waals surface area contributed by atoms with Gasteiger partial charge in [-0.05, 0) is 32.8 Å². The van der Waals surface area contributed by atoms with Crippen LogP contribution in [0.25, 0.3) is 0 Å². The third-order valence-corrected chi connectivity index (χ3v) is 4.20. The highest BCUT2D eigenvalue weighted by Crippen LogP contribution is 2.15. The van der Waals surface area contributed by atoms with Crippen LogP contribution in [0.15, 0.2) is 30.3 Å². The summed E-state index contributed by atoms with van der Waals surface area (Å²) in [5.74, 6) is -0.952. The van der Waals surface area contributed by atoms with Crippen LogP contribution in [0, 0.1) is 0 Å². The summed E-state index contributed by atoms with van der Waals surface area (Å²) in [5, 5.41) is 0. The minimum absolute atomic E-state index is 0.127. The fourth-order valence-corrected chi connectivity index (χ4v) is 2.48. The first-order valence-corrected chi connectivity index (χ1v) is 10.0. The van der Waals surface area contributed by atoms with Gasteiger partial charge in [-0.15, -0.1) is 0 Å². The summed E-state index contributed by atoms with van der Waals surface area (Å²) in [7, 11) is 0. The minimum atomic E-state index is -0.743. The molecule has 1 aromatic rings. The Labute approximate surface area is 173 Å². The van der Waals surface area contributed by atoms with E-state index in [2.05, 4.69) is 6.92 Å². The zero-order valence-corrected chi connectivity index (χ0v) is 17.9. The number of unbranched alkanes of at least 4 members (excludes halogenated alkanes) is 3. The average Bonchev–Trinajstić information content (AvgIpc) is 2.67. The van der Waals surface area contributed by atoms with Gasteiger partial charge in [-0.3, -0.25) is 14.5 Å². The van der Waals surface area contributed by atoms with Gasteiger partial charge in [-0.1, -0.05) is 56.5 Å². The second-order valence-electron chi connectivity index (χ2n) is 7.76. The molecule has 1 rings (SSSR count). The van der Waals surface area contributed by atoms with Crippen molar-refractivity contribution in [1.29, 1.82) is 0 Å². The van der Waals surface area contributed by atoms with E-state index in [0.717, 1.165) is 31.2 Å². The predicted octanol–water partition coefficient (Wildman–Crippen LogP) is 4.44. The highest BCUT2D eigenvalue weighted by atomic mass is 16.7. The molecule has 162 valence electrons. The van der Waals surface area contributed by atoms with Crippen molar-refractivity contribution in [2.75, 3.05) is 13.3 Å². The number of hydrogen-bond acceptors (Lipinski definition) is 6. The van der Waals surface area contributed by atoms with Crippen molar-refractivity contribution in [3.8, 4) is 0 Å². The lowest BCUT2D eigenvalue weighted by Crippen LogP contribution is -2.49. The molecule has 1 aromatic carbocycles. The summed E-state index contributed by atoms with van der Waals surface area (Å²) in [6, 6.07) is 9.28. The second kappa shape index (κ2) is 12.8. The SMILES string of the molecule is CCCCCCC(=O)OCOC(=O)N(CC(=O)OCc1ccccc1)C(C)(C)C. The maximum atomic E-state index is 12.4. The summed E-state index contributed by atoms with van der Waals surface area (Å²) in [4.78, 5) is 37.5. The van der Waals surface area contributed by atoms with Crippen molar-refractivity contribution < 1.29 is 28.6 Å². The molecule has 0 aliphatic carbocycles. The van der Waals surface area contributed by atoms with Crippen molar-refractivity contribution in [2.45, 2.75) is 71.9 Å². The molecule has 7 nitrogen and oxygen atoms in total.